The summed E-state index contributed by atoms with van der Waals surface area (Å²) >= 11 is 0. The van der Waals surface area contributed by atoms with Gasteiger partial charge in [-0.1, -0.05) is 25.1 Å². The van der Waals surface area contributed by atoms with Gasteiger partial charge in [-0.25, -0.2) is 0 Å². The van der Waals surface area contributed by atoms with Crippen molar-refractivity contribution in [1.29, 1.82) is 0 Å². The molecule has 1 aromatic rings. The van der Waals surface area contributed by atoms with Crippen LogP contribution in [0.5, 0.6) is 0 Å². The fraction of sp³-hybridized carbons (Fsp3) is 0.500. The molecule has 0 saturated carbocycles. The molecule has 0 heterocycles. The first-order valence-corrected chi connectivity index (χ1v) is 6.38. The molecule has 3 N–H and O–H groups in total. The number of nitrogens with one attached hydrogen (secondary N) is 1. The molecule has 0 aliphatic carbocycles. The van der Waals surface area contributed by atoms with Crippen molar-refractivity contribution >= 4 is 11.6 Å². The summed E-state index contributed by atoms with van der Waals surface area (Å²) in [5, 5.41) is 2.90. The van der Waals surface area contributed by atoms with Gasteiger partial charge in [0.05, 0.1) is 6.54 Å². The molecule has 0 aliphatic rings. The third-order valence-electron chi connectivity index (χ3n) is 2.71. The number of amides is 1. The summed E-state index contributed by atoms with van der Waals surface area (Å²) in [5.41, 5.74) is 7.75. The van der Waals surface area contributed by atoms with Crippen molar-refractivity contribution < 1.29 is 4.79 Å². The Morgan fingerprint density at radius 3 is 2.61 bits per heavy atom. The number of likely N-dealkylation sites (N-methyl/N-ethyl adjacent to an activating group) is 1. The second-order valence-electron chi connectivity index (χ2n) is 4.72. The largest absolute Gasteiger partial charge is 0.398 e. The van der Waals surface area contributed by atoms with Gasteiger partial charge in [0.2, 0.25) is 5.91 Å². The summed E-state index contributed by atoms with van der Waals surface area (Å²) in [6.07, 6.45) is 0. The second-order valence-corrected chi connectivity index (χ2v) is 4.72. The molecule has 0 aliphatic heterocycles. The lowest BCUT2D eigenvalue weighted by Gasteiger charge is -2.21. The zero-order valence-electron chi connectivity index (χ0n) is 11.4. The first-order chi connectivity index (χ1) is 8.52. The van der Waals surface area contributed by atoms with E-state index < -0.39 is 0 Å². The average Bonchev–Trinajstić information content (AvgIpc) is 2.30. The molecular formula is C14H23N3O. The summed E-state index contributed by atoms with van der Waals surface area (Å²) in [7, 11) is 0. The number of hydrogen-bond donors (Lipinski definition) is 2. The van der Waals surface area contributed by atoms with Crippen LogP contribution in [-0.4, -0.2) is 29.9 Å². The topological polar surface area (TPSA) is 58.4 Å². The molecule has 0 saturated heterocycles. The third-order valence-corrected chi connectivity index (χ3v) is 2.71. The number of nitrogen functional groups attached to an aromatic ring is 1. The van der Waals surface area contributed by atoms with E-state index in [1.54, 1.807) is 0 Å². The quantitative estimate of drug-likeness (QED) is 0.753. The minimum atomic E-state index is 0.0568. The first kappa shape index (κ1) is 14.5. The molecule has 0 radical (unpaired) electrons. The van der Waals surface area contributed by atoms with Crippen molar-refractivity contribution in [2.75, 3.05) is 18.8 Å². The number of para-hydroxylation sites is 1. The highest BCUT2D eigenvalue weighted by atomic mass is 16.2. The maximum atomic E-state index is 11.7. The molecule has 4 nitrogen and oxygen atoms in total. The van der Waals surface area contributed by atoms with Crippen molar-refractivity contribution in [3.8, 4) is 0 Å². The second kappa shape index (κ2) is 7.01. The normalized spacial score (nSPS) is 10.9. The van der Waals surface area contributed by atoms with Gasteiger partial charge < -0.3 is 11.1 Å². The molecule has 0 aromatic heterocycles. The lowest BCUT2D eigenvalue weighted by molar-refractivity contribution is -0.122. The summed E-state index contributed by atoms with van der Waals surface area (Å²) in [6, 6.07) is 7.95. The molecule has 0 bridgehead atoms. The Balaban J connectivity index is 2.57. The van der Waals surface area contributed by atoms with Gasteiger partial charge in [0.1, 0.15) is 0 Å². The van der Waals surface area contributed by atoms with Gasteiger partial charge in [0.15, 0.2) is 0 Å². The Bertz CT molecular complexity index is 390. The van der Waals surface area contributed by atoms with Crippen molar-refractivity contribution in [2.24, 2.45) is 0 Å². The Labute approximate surface area is 109 Å². The lowest BCUT2D eigenvalue weighted by Crippen LogP contribution is -2.39. The Kier molecular flexibility index (Phi) is 5.65. The Morgan fingerprint density at radius 2 is 2.06 bits per heavy atom. The van der Waals surface area contributed by atoms with E-state index in [9.17, 15) is 4.79 Å². The predicted octanol–water partition coefficient (Wildman–Crippen LogP) is 1.62. The molecule has 0 spiro atoms. The molecule has 0 unspecified atom stereocenters. The molecule has 18 heavy (non-hydrogen) atoms. The van der Waals surface area contributed by atoms with E-state index in [0.29, 0.717) is 13.1 Å². The van der Waals surface area contributed by atoms with Crippen LogP contribution in [0.4, 0.5) is 5.69 Å². The fourth-order valence-corrected chi connectivity index (χ4v) is 1.77. The van der Waals surface area contributed by atoms with Crippen LogP contribution in [0.25, 0.3) is 0 Å². The highest BCUT2D eigenvalue weighted by Gasteiger charge is 2.11. The van der Waals surface area contributed by atoms with Gasteiger partial charge >= 0.3 is 0 Å². The maximum absolute atomic E-state index is 11.7. The number of nitrogens with zero attached hydrogens (tertiary/aromatic N) is 1. The van der Waals surface area contributed by atoms with E-state index in [1.165, 1.54) is 0 Å². The Hall–Kier alpha value is -1.55. The lowest BCUT2D eigenvalue weighted by atomic mass is 10.1. The monoisotopic (exact) mass is 249 g/mol. The molecule has 1 rings (SSSR count). The number of hydrogen-bond acceptors (Lipinski definition) is 3. The van der Waals surface area contributed by atoms with Gasteiger partial charge in [-0.3, -0.25) is 9.69 Å². The molecular weight excluding hydrogens is 226 g/mol. The summed E-state index contributed by atoms with van der Waals surface area (Å²) in [6.45, 7) is 7.89. The van der Waals surface area contributed by atoms with Crippen molar-refractivity contribution in [3.05, 3.63) is 29.8 Å². The predicted molar refractivity (Wildman–Crippen MR) is 75.1 cm³/mol. The number of anilines is 1. The van der Waals surface area contributed by atoms with Crippen LogP contribution in [0, 0.1) is 0 Å². The zero-order chi connectivity index (χ0) is 13.5. The summed E-state index contributed by atoms with van der Waals surface area (Å²) in [4.78, 5) is 13.8. The van der Waals surface area contributed by atoms with Crippen LogP contribution >= 0.6 is 0 Å². The number of benzene rings is 1. The van der Waals surface area contributed by atoms with Crippen LogP contribution in [0.2, 0.25) is 0 Å². The molecule has 1 amide bonds. The van der Waals surface area contributed by atoms with Crippen LogP contribution in [0.15, 0.2) is 24.3 Å². The smallest absolute Gasteiger partial charge is 0.234 e. The van der Waals surface area contributed by atoms with Gasteiger partial charge in [-0.2, -0.15) is 0 Å². The highest BCUT2D eigenvalue weighted by molar-refractivity contribution is 5.78. The van der Waals surface area contributed by atoms with E-state index >= 15 is 0 Å². The van der Waals surface area contributed by atoms with E-state index in [0.717, 1.165) is 17.8 Å². The average molecular weight is 249 g/mol. The number of rotatable bonds is 6. The fourth-order valence-electron chi connectivity index (χ4n) is 1.77. The van der Waals surface area contributed by atoms with Crippen molar-refractivity contribution in [2.45, 2.75) is 33.4 Å². The van der Waals surface area contributed by atoms with Gasteiger partial charge in [0.25, 0.3) is 0 Å². The standard InChI is InChI=1S/C14H23N3O/c1-4-17(10-14(18)16-11(2)3)9-12-7-5-6-8-13(12)15/h5-8,11H,4,9-10,15H2,1-3H3,(H,16,18). The summed E-state index contributed by atoms with van der Waals surface area (Å²) in [5.74, 6) is 0.0568. The van der Waals surface area contributed by atoms with Gasteiger partial charge in [-0.15, -0.1) is 0 Å². The number of carbonyl (C=O) groups excluding carboxylic acids is 1. The van der Waals surface area contributed by atoms with Crippen molar-refractivity contribution in [1.82, 2.24) is 10.2 Å². The van der Waals surface area contributed by atoms with Crippen LogP contribution < -0.4 is 11.1 Å². The van der Waals surface area contributed by atoms with Gasteiger partial charge in [-0.05, 0) is 32.0 Å². The minimum Gasteiger partial charge on any atom is -0.398 e. The highest BCUT2D eigenvalue weighted by Crippen LogP contribution is 2.12. The third kappa shape index (κ3) is 4.75. The first-order valence-electron chi connectivity index (χ1n) is 6.38. The number of nitrogens with two attached hydrogens (primary N) is 1. The van der Waals surface area contributed by atoms with E-state index in [2.05, 4.69) is 10.2 Å². The molecule has 0 atom stereocenters. The van der Waals surface area contributed by atoms with Crippen molar-refractivity contribution in [3.63, 3.8) is 0 Å². The summed E-state index contributed by atoms with van der Waals surface area (Å²) < 4.78 is 0. The molecule has 1 aromatic carbocycles. The maximum Gasteiger partial charge on any atom is 0.234 e. The van der Waals surface area contributed by atoms with E-state index in [1.807, 2.05) is 45.0 Å². The Morgan fingerprint density at radius 1 is 1.39 bits per heavy atom. The van der Waals surface area contributed by atoms with Crippen LogP contribution in [0.3, 0.4) is 0 Å². The van der Waals surface area contributed by atoms with E-state index in [4.69, 9.17) is 5.73 Å². The zero-order valence-corrected chi connectivity index (χ0v) is 11.4. The molecule has 0 fully saturated rings. The van der Waals surface area contributed by atoms with Crippen LogP contribution in [-0.2, 0) is 11.3 Å². The SMILES string of the molecule is CCN(CC(=O)NC(C)C)Cc1ccccc1N. The van der Waals surface area contributed by atoms with Gasteiger partial charge in [0, 0.05) is 18.3 Å². The van der Waals surface area contributed by atoms with E-state index in [-0.39, 0.29) is 11.9 Å². The van der Waals surface area contributed by atoms with Crippen LogP contribution in [0.1, 0.15) is 26.3 Å². The molecule has 100 valence electrons. The number of carbonyl (C=O) groups is 1. The molecule has 4 heteroatoms. The minimum absolute atomic E-state index is 0.0568.